The summed E-state index contributed by atoms with van der Waals surface area (Å²) in [6.45, 7) is 4.69. The fourth-order valence-electron chi connectivity index (χ4n) is 3.59. The van der Waals surface area contributed by atoms with E-state index in [0.29, 0.717) is 5.41 Å². The minimum absolute atomic E-state index is 0.519. The van der Waals surface area contributed by atoms with Gasteiger partial charge in [0, 0.05) is 10.7 Å². The first-order chi connectivity index (χ1) is 8.72. The van der Waals surface area contributed by atoms with Crippen molar-refractivity contribution >= 4 is 31.9 Å². The van der Waals surface area contributed by atoms with Crippen LogP contribution in [0, 0.1) is 17.3 Å². The molecule has 0 N–H and O–H groups in total. The van der Waals surface area contributed by atoms with Crippen LogP contribution in [0.2, 0.25) is 0 Å². The van der Waals surface area contributed by atoms with Crippen molar-refractivity contribution in [2.75, 3.05) is 10.7 Å². The van der Waals surface area contributed by atoms with Gasteiger partial charge in [-0.15, -0.1) is 0 Å². The van der Waals surface area contributed by atoms with Gasteiger partial charge in [0.25, 0.3) is 0 Å². The van der Waals surface area contributed by atoms with Crippen LogP contribution in [0.15, 0.2) is 0 Å². The SMILES string of the molecule is CCCCC(CC)CC(CBr)(CBr)C1CCCC1. The molecule has 1 saturated carbocycles. The number of halogens is 2. The molecule has 0 spiro atoms. The second kappa shape index (κ2) is 9.00. The lowest BCUT2D eigenvalue weighted by atomic mass is 9.70. The molecule has 0 aromatic carbocycles. The molecule has 0 aliphatic heterocycles. The standard InChI is InChI=1S/C16H30Br2/c1-3-5-8-14(4-2)11-16(12-17,13-18)15-9-6-7-10-15/h14-15H,3-13H2,1-2H3. The van der Waals surface area contributed by atoms with Crippen molar-refractivity contribution in [3.8, 4) is 0 Å². The maximum atomic E-state index is 3.84. The Bertz CT molecular complexity index is 205. The number of alkyl halides is 2. The lowest BCUT2D eigenvalue weighted by Gasteiger charge is -2.39. The molecule has 108 valence electrons. The number of rotatable bonds is 9. The van der Waals surface area contributed by atoms with Crippen molar-refractivity contribution in [1.82, 2.24) is 0 Å². The molecular weight excluding hydrogens is 352 g/mol. The van der Waals surface area contributed by atoms with Crippen LogP contribution < -0.4 is 0 Å². The summed E-state index contributed by atoms with van der Waals surface area (Å²) in [7, 11) is 0. The van der Waals surface area contributed by atoms with Gasteiger partial charge in [-0.05, 0) is 36.5 Å². The van der Waals surface area contributed by atoms with Crippen LogP contribution in [0.1, 0.15) is 71.6 Å². The molecule has 0 nitrogen and oxygen atoms in total. The molecule has 1 atom stereocenters. The van der Waals surface area contributed by atoms with Gasteiger partial charge in [0.2, 0.25) is 0 Å². The summed E-state index contributed by atoms with van der Waals surface area (Å²) in [5, 5.41) is 2.36. The van der Waals surface area contributed by atoms with E-state index in [0.717, 1.165) is 11.8 Å². The van der Waals surface area contributed by atoms with Gasteiger partial charge in [0.1, 0.15) is 0 Å². The Morgan fingerprint density at radius 2 is 1.72 bits per heavy atom. The third-order valence-corrected chi connectivity index (χ3v) is 7.23. The monoisotopic (exact) mass is 380 g/mol. The van der Waals surface area contributed by atoms with E-state index < -0.39 is 0 Å². The average Bonchev–Trinajstić information content (AvgIpc) is 2.94. The third-order valence-electron chi connectivity index (χ3n) is 4.99. The Morgan fingerprint density at radius 1 is 1.11 bits per heavy atom. The Kier molecular flexibility index (Phi) is 8.51. The summed E-state index contributed by atoms with van der Waals surface area (Å²) < 4.78 is 0. The topological polar surface area (TPSA) is 0 Å². The molecule has 0 saturated heterocycles. The molecule has 1 rings (SSSR count). The molecule has 0 amide bonds. The molecular formula is C16H30Br2. The quantitative estimate of drug-likeness (QED) is 0.396. The van der Waals surface area contributed by atoms with Crippen molar-refractivity contribution in [2.24, 2.45) is 17.3 Å². The van der Waals surface area contributed by atoms with E-state index in [1.54, 1.807) is 0 Å². The molecule has 0 radical (unpaired) electrons. The van der Waals surface area contributed by atoms with Gasteiger partial charge in [-0.25, -0.2) is 0 Å². The van der Waals surface area contributed by atoms with Gasteiger partial charge in [0.15, 0.2) is 0 Å². The first-order valence-corrected chi connectivity index (χ1v) is 10.1. The van der Waals surface area contributed by atoms with Crippen molar-refractivity contribution in [2.45, 2.75) is 71.6 Å². The van der Waals surface area contributed by atoms with Gasteiger partial charge in [-0.2, -0.15) is 0 Å². The Labute approximate surface area is 131 Å². The first-order valence-electron chi connectivity index (χ1n) is 7.84. The van der Waals surface area contributed by atoms with Gasteiger partial charge in [-0.1, -0.05) is 84.2 Å². The lowest BCUT2D eigenvalue weighted by Crippen LogP contribution is -2.35. The van der Waals surface area contributed by atoms with E-state index in [-0.39, 0.29) is 0 Å². The smallest absolute Gasteiger partial charge is 0.00987 e. The summed E-state index contributed by atoms with van der Waals surface area (Å²) in [5.74, 6) is 1.88. The van der Waals surface area contributed by atoms with Crippen molar-refractivity contribution in [3.05, 3.63) is 0 Å². The minimum Gasteiger partial charge on any atom is -0.0922 e. The molecule has 0 heterocycles. The Hall–Kier alpha value is 0.960. The van der Waals surface area contributed by atoms with E-state index in [1.165, 1.54) is 68.4 Å². The van der Waals surface area contributed by atoms with Crippen LogP contribution >= 0.6 is 31.9 Å². The van der Waals surface area contributed by atoms with Crippen LogP contribution in [-0.2, 0) is 0 Å². The van der Waals surface area contributed by atoms with E-state index >= 15 is 0 Å². The fourth-order valence-corrected chi connectivity index (χ4v) is 5.89. The van der Waals surface area contributed by atoms with Gasteiger partial charge < -0.3 is 0 Å². The van der Waals surface area contributed by atoms with Crippen molar-refractivity contribution in [1.29, 1.82) is 0 Å². The molecule has 1 aliphatic rings. The normalized spacial score (nSPS) is 19.3. The highest BCUT2D eigenvalue weighted by Crippen LogP contribution is 2.47. The summed E-state index contributed by atoms with van der Waals surface area (Å²) in [6.07, 6.45) is 12.8. The maximum Gasteiger partial charge on any atom is 0.00987 e. The molecule has 0 bridgehead atoms. The highest BCUT2D eigenvalue weighted by molar-refractivity contribution is 9.09. The summed E-state index contributed by atoms with van der Waals surface area (Å²) in [6, 6.07) is 0. The summed E-state index contributed by atoms with van der Waals surface area (Å²) in [4.78, 5) is 0. The summed E-state index contributed by atoms with van der Waals surface area (Å²) in [5.41, 5.74) is 0.519. The zero-order chi connectivity index (χ0) is 13.4. The third kappa shape index (κ3) is 4.51. The van der Waals surface area contributed by atoms with E-state index in [4.69, 9.17) is 0 Å². The zero-order valence-corrected chi connectivity index (χ0v) is 15.4. The second-order valence-electron chi connectivity index (χ2n) is 6.23. The van der Waals surface area contributed by atoms with Gasteiger partial charge in [0.05, 0.1) is 0 Å². The lowest BCUT2D eigenvalue weighted by molar-refractivity contribution is 0.170. The molecule has 1 unspecified atom stereocenters. The largest absolute Gasteiger partial charge is 0.0922 e. The van der Waals surface area contributed by atoms with Crippen LogP contribution in [0.25, 0.3) is 0 Å². The fraction of sp³-hybridized carbons (Fsp3) is 1.00. The second-order valence-corrected chi connectivity index (χ2v) is 7.35. The Morgan fingerprint density at radius 3 is 2.17 bits per heavy atom. The maximum absolute atomic E-state index is 3.84. The Balaban J connectivity index is 2.64. The van der Waals surface area contributed by atoms with Crippen LogP contribution in [0.4, 0.5) is 0 Å². The summed E-state index contributed by atoms with van der Waals surface area (Å²) >= 11 is 7.68. The first kappa shape index (κ1) is 17.0. The molecule has 1 aliphatic carbocycles. The van der Waals surface area contributed by atoms with Crippen molar-refractivity contribution < 1.29 is 0 Å². The van der Waals surface area contributed by atoms with Crippen LogP contribution in [-0.4, -0.2) is 10.7 Å². The molecule has 18 heavy (non-hydrogen) atoms. The van der Waals surface area contributed by atoms with Crippen molar-refractivity contribution in [3.63, 3.8) is 0 Å². The highest BCUT2D eigenvalue weighted by atomic mass is 79.9. The molecule has 2 heteroatoms. The van der Waals surface area contributed by atoms with E-state index in [2.05, 4.69) is 45.7 Å². The minimum atomic E-state index is 0.519. The van der Waals surface area contributed by atoms with E-state index in [1.807, 2.05) is 0 Å². The molecule has 1 fully saturated rings. The van der Waals surface area contributed by atoms with E-state index in [9.17, 15) is 0 Å². The van der Waals surface area contributed by atoms with Crippen LogP contribution in [0.5, 0.6) is 0 Å². The average molecular weight is 382 g/mol. The predicted molar refractivity (Wildman–Crippen MR) is 89.9 cm³/mol. The predicted octanol–water partition coefficient (Wildman–Crippen LogP) is 6.56. The molecule has 0 aromatic rings. The number of hydrogen-bond acceptors (Lipinski definition) is 0. The highest BCUT2D eigenvalue weighted by Gasteiger charge is 2.39. The van der Waals surface area contributed by atoms with Gasteiger partial charge >= 0.3 is 0 Å². The zero-order valence-electron chi connectivity index (χ0n) is 12.2. The number of unbranched alkanes of at least 4 members (excludes halogenated alkanes) is 1. The van der Waals surface area contributed by atoms with Gasteiger partial charge in [-0.3, -0.25) is 0 Å². The number of hydrogen-bond donors (Lipinski definition) is 0. The molecule has 0 aromatic heterocycles. The van der Waals surface area contributed by atoms with Crippen LogP contribution in [0.3, 0.4) is 0 Å².